The maximum Gasteiger partial charge on any atom is 0.338 e. The molecule has 1 aliphatic heterocycles. The van der Waals surface area contributed by atoms with Gasteiger partial charge < -0.3 is 29.2 Å². The number of methoxy groups -OCH3 is 1. The molecular weight excluding hydrogens is 416 g/mol. The van der Waals surface area contributed by atoms with Crippen molar-refractivity contribution in [2.75, 3.05) is 20.3 Å². The SMILES string of the molecule is CO[C@H]1C(C[C@@H](COC(=O)c2ccccc2)OC(=O)c2ccccc2)O[C@@H](CCO)[C@@H]1O. The number of benzene rings is 2. The van der Waals surface area contributed by atoms with Crippen molar-refractivity contribution < 1.29 is 38.7 Å². The van der Waals surface area contributed by atoms with Gasteiger partial charge in [0.2, 0.25) is 0 Å². The van der Waals surface area contributed by atoms with Crippen molar-refractivity contribution in [2.45, 2.75) is 43.4 Å². The highest BCUT2D eigenvalue weighted by Gasteiger charge is 2.44. The van der Waals surface area contributed by atoms with E-state index < -0.39 is 42.5 Å². The Bertz CT molecular complexity index is 857. The van der Waals surface area contributed by atoms with E-state index in [1.54, 1.807) is 60.7 Å². The molecule has 0 bridgehead atoms. The van der Waals surface area contributed by atoms with Crippen molar-refractivity contribution in [1.82, 2.24) is 0 Å². The number of aliphatic hydroxyl groups is 2. The van der Waals surface area contributed by atoms with Crippen LogP contribution in [0.4, 0.5) is 0 Å². The second-order valence-electron chi connectivity index (χ2n) is 7.51. The molecule has 3 rings (SSSR count). The summed E-state index contributed by atoms with van der Waals surface area (Å²) in [5.74, 6) is -1.11. The molecule has 0 radical (unpaired) electrons. The summed E-state index contributed by atoms with van der Waals surface area (Å²) in [5.41, 5.74) is 0.742. The third kappa shape index (κ3) is 6.14. The summed E-state index contributed by atoms with van der Waals surface area (Å²) in [6, 6.07) is 17.0. The number of aliphatic hydroxyl groups excluding tert-OH is 2. The van der Waals surface area contributed by atoms with E-state index in [0.717, 1.165) is 0 Å². The van der Waals surface area contributed by atoms with Gasteiger partial charge in [-0.25, -0.2) is 9.59 Å². The van der Waals surface area contributed by atoms with Crippen LogP contribution in [0.25, 0.3) is 0 Å². The first kappa shape index (κ1) is 23.9. The summed E-state index contributed by atoms with van der Waals surface area (Å²) in [5, 5.41) is 19.6. The Morgan fingerprint density at radius 2 is 1.56 bits per heavy atom. The van der Waals surface area contributed by atoms with Crippen molar-refractivity contribution in [3.8, 4) is 0 Å². The predicted octanol–water partition coefficient (Wildman–Crippen LogP) is 1.98. The van der Waals surface area contributed by atoms with Gasteiger partial charge in [0, 0.05) is 20.1 Å². The Labute approximate surface area is 186 Å². The Hall–Kier alpha value is -2.78. The lowest BCUT2D eigenvalue weighted by Gasteiger charge is -2.24. The fourth-order valence-corrected chi connectivity index (χ4v) is 3.69. The van der Waals surface area contributed by atoms with E-state index in [0.29, 0.717) is 11.1 Å². The number of hydrogen-bond acceptors (Lipinski definition) is 8. The molecule has 172 valence electrons. The number of carbonyl (C=O) groups is 2. The average molecular weight is 444 g/mol. The first-order valence-electron chi connectivity index (χ1n) is 10.5. The third-order valence-corrected chi connectivity index (χ3v) is 5.31. The zero-order valence-electron chi connectivity index (χ0n) is 17.8. The lowest BCUT2D eigenvalue weighted by atomic mass is 10.0. The van der Waals surface area contributed by atoms with Gasteiger partial charge in [0.1, 0.15) is 24.9 Å². The molecule has 2 N–H and O–H groups in total. The molecule has 1 unspecified atom stereocenters. The maximum atomic E-state index is 12.6. The number of esters is 2. The molecule has 5 atom stereocenters. The summed E-state index contributed by atoms with van der Waals surface area (Å²) >= 11 is 0. The van der Waals surface area contributed by atoms with Crippen LogP contribution in [0.1, 0.15) is 33.6 Å². The Kier molecular flexibility index (Phi) is 8.75. The fraction of sp³-hybridized carbons (Fsp3) is 0.417. The highest BCUT2D eigenvalue weighted by molar-refractivity contribution is 5.90. The second-order valence-corrected chi connectivity index (χ2v) is 7.51. The Morgan fingerprint density at radius 3 is 2.12 bits per heavy atom. The van der Waals surface area contributed by atoms with Crippen LogP contribution in [-0.2, 0) is 18.9 Å². The molecule has 0 spiro atoms. The number of rotatable bonds is 10. The summed E-state index contributed by atoms with van der Waals surface area (Å²) in [4.78, 5) is 25.0. The van der Waals surface area contributed by atoms with Crippen molar-refractivity contribution in [2.24, 2.45) is 0 Å². The highest BCUT2D eigenvalue weighted by Crippen LogP contribution is 2.29. The molecule has 32 heavy (non-hydrogen) atoms. The molecule has 0 amide bonds. The lowest BCUT2D eigenvalue weighted by Crippen LogP contribution is -2.38. The average Bonchev–Trinajstić information content (AvgIpc) is 3.12. The van der Waals surface area contributed by atoms with Crippen molar-refractivity contribution in [1.29, 1.82) is 0 Å². The van der Waals surface area contributed by atoms with Gasteiger partial charge in [0.15, 0.2) is 0 Å². The number of ether oxygens (including phenoxy) is 4. The van der Waals surface area contributed by atoms with Gasteiger partial charge in [-0.15, -0.1) is 0 Å². The zero-order valence-corrected chi connectivity index (χ0v) is 17.8. The smallest absolute Gasteiger partial charge is 0.338 e. The normalized spacial score (nSPS) is 23.5. The van der Waals surface area contributed by atoms with Crippen LogP contribution < -0.4 is 0 Å². The van der Waals surface area contributed by atoms with Gasteiger partial charge in [0.25, 0.3) is 0 Å². The van der Waals surface area contributed by atoms with Crippen LogP contribution in [0.2, 0.25) is 0 Å². The quantitative estimate of drug-likeness (QED) is 0.535. The van der Waals surface area contributed by atoms with Crippen molar-refractivity contribution >= 4 is 11.9 Å². The van der Waals surface area contributed by atoms with E-state index in [-0.39, 0.29) is 26.1 Å². The van der Waals surface area contributed by atoms with E-state index in [1.165, 1.54) is 7.11 Å². The van der Waals surface area contributed by atoms with Crippen LogP contribution in [-0.4, -0.2) is 73.0 Å². The molecule has 1 fully saturated rings. The molecule has 8 heteroatoms. The van der Waals surface area contributed by atoms with Crippen molar-refractivity contribution in [3.63, 3.8) is 0 Å². The van der Waals surface area contributed by atoms with Crippen LogP contribution in [0.15, 0.2) is 60.7 Å². The molecule has 8 nitrogen and oxygen atoms in total. The van der Waals surface area contributed by atoms with Gasteiger partial charge in [-0.2, -0.15) is 0 Å². The third-order valence-electron chi connectivity index (χ3n) is 5.31. The van der Waals surface area contributed by atoms with E-state index in [9.17, 15) is 19.8 Å². The summed E-state index contributed by atoms with van der Waals surface area (Å²) in [6.45, 7) is -0.338. The maximum absolute atomic E-state index is 12.6. The van der Waals surface area contributed by atoms with Gasteiger partial charge >= 0.3 is 11.9 Å². The summed E-state index contributed by atoms with van der Waals surface area (Å²) in [6.07, 6.45) is -3.28. The first-order chi connectivity index (χ1) is 15.5. The first-order valence-corrected chi connectivity index (χ1v) is 10.5. The molecule has 1 aliphatic rings. The zero-order chi connectivity index (χ0) is 22.9. The molecule has 0 saturated carbocycles. The predicted molar refractivity (Wildman–Crippen MR) is 114 cm³/mol. The van der Waals surface area contributed by atoms with Gasteiger partial charge in [0.05, 0.1) is 23.3 Å². The Balaban J connectivity index is 1.70. The lowest BCUT2D eigenvalue weighted by molar-refractivity contribution is -0.0545. The van der Waals surface area contributed by atoms with Gasteiger partial charge in [-0.1, -0.05) is 36.4 Å². The topological polar surface area (TPSA) is 112 Å². The minimum atomic E-state index is -0.936. The van der Waals surface area contributed by atoms with Gasteiger partial charge in [-0.05, 0) is 30.7 Å². The minimum absolute atomic E-state index is 0.137. The molecule has 1 saturated heterocycles. The van der Waals surface area contributed by atoms with E-state index in [4.69, 9.17) is 18.9 Å². The molecule has 2 aromatic rings. The Morgan fingerprint density at radius 1 is 0.969 bits per heavy atom. The number of hydrogen-bond donors (Lipinski definition) is 2. The largest absolute Gasteiger partial charge is 0.458 e. The van der Waals surface area contributed by atoms with E-state index >= 15 is 0 Å². The highest BCUT2D eigenvalue weighted by atomic mass is 16.6. The summed E-state index contributed by atoms with van der Waals surface area (Å²) < 4.78 is 22.3. The number of carbonyl (C=O) groups excluding carboxylic acids is 2. The molecule has 2 aromatic carbocycles. The van der Waals surface area contributed by atoms with Crippen LogP contribution in [0, 0.1) is 0 Å². The van der Waals surface area contributed by atoms with Crippen LogP contribution in [0.3, 0.4) is 0 Å². The standard InChI is InChI=1S/C24H28O8/c1-29-22-20(32-19(12-13-25)21(22)26)14-18(31-24(28)17-10-6-3-7-11-17)15-30-23(27)16-8-4-2-5-9-16/h2-11,18-22,25-26H,12-15H2,1H3/t18-,19-,20?,21-,22-/m0/s1. The van der Waals surface area contributed by atoms with E-state index in [1.807, 2.05) is 0 Å². The van der Waals surface area contributed by atoms with Crippen LogP contribution >= 0.6 is 0 Å². The molecule has 0 aliphatic carbocycles. The minimum Gasteiger partial charge on any atom is -0.458 e. The van der Waals surface area contributed by atoms with Crippen molar-refractivity contribution in [3.05, 3.63) is 71.8 Å². The second kappa shape index (κ2) is 11.7. The molecule has 0 aromatic heterocycles. The van der Waals surface area contributed by atoms with E-state index in [2.05, 4.69) is 0 Å². The molecule has 1 heterocycles. The summed E-state index contributed by atoms with van der Waals surface area (Å²) in [7, 11) is 1.45. The van der Waals surface area contributed by atoms with Gasteiger partial charge in [-0.3, -0.25) is 0 Å². The fourth-order valence-electron chi connectivity index (χ4n) is 3.69. The monoisotopic (exact) mass is 444 g/mol. The molecular formula is C24H28O8. The van der Waals surface area contributed by atoms with Crippen LogP contribution in [0.5, 0.6) is 0 Å².